The number of benzene rings is 1. The number of hydrogen-bond donors (Lipinski definition) is 2. The fourth-order valence-electron chi connectivity index (χ4n) is 3.23. The van der Waals surface area contributed by atoms with E-state index in [1.165, 1.54) is 24.4 Å². The SMILES string of the molecule is Cc1nnc(-c2cc(Cl)ccc2F)cc1Nc1ccnc(NC(=O)c2cnn(CCN(C)C)c2)c1. The average Bonchev–Trinajstić information content (AvgIpc) is 3.30. The topological polar surface area (TPSA) is 101 Å². The van der Waals surface area contributed by atoms with Gasteiger partial charge >= 0.3 is 0 Å². The van der Waals surface area contributed by atoms with Crippen molar-refractivity contribution in [2.24, 2.45) is 0 Å². The Balaban J connectivity index is 1.49. The minimum Gasteiger partial charge on any atom is -0.354 e. The molecule has 4 rings (SSSR count). The van der Waals surface area contributed by atoms with Gasteiger partial charge in [-0.3, -0.25) is 9.48 Å². The van der Waals surface area contributed by atoms with E-state index in [9.17, 15) is 9.18 Å². The number of halogens is 2. The van der Waals surface area contributed by atoms with Crippen LogP contribution in [0.3, 0.4) is 0 Å². The molecule has 3 aromatic heterocycles. The van der Waals surface area contributed by atoms with E-state index in [4.69, 9.17) is 11.6 Å². The van der Waals surface area contributed by atoms with Crippen molar-refractivity contribution in [1.29, 1.82) is 0 Å². The molecule has 0 saturated carbocycles. The highest BCUT2D eigenvalue weighted by atomic mass is 35.5. The highest BCUT2D eigenvalue weighted by Crippen LogP contribution is 2.28. The van der Waals surface area contributed by atoms with Crippen LogP contribution < -0.4 is 10.6 Å². The van der Waals surface area contributed by atoms with Crippen LogP contribution in [0.25, 0.3) is 11.3 Å². The molecule has 0 radical (unpaired) electrons. The van der Waals surface area contributed by atoms with Gasteiger partial charge in [0.2, 0.25) is 0 Å². The van der Waals surface area contributed by atoms with Crippen molar-refractivity contribution in [2.45, 2.75) is 13.5 Å². The number of carbonyl (C=O) groups excluding carboxylic acids is 1. The summed E-state index contributed by atoms with van der Waals surface area (Å²) >= 11 is 6.02. The van der Waals surface area contributed by atoms with Crippen molar-refractivity contribution in [3.63, 3.8) is 0 Å². The lowest BCUT2D eigenvalue weighted by Crippen LogP contribution is -2.18. The van der Waals surface area contributed by atoms with Gasteiger partial charge in [-0.15, -0.1) is 0 Å². The molecule has 2 N–H and O–H groups in total. The molecule has 0 unspecified atom stereocenters. The molecule has 0 aliphatic rings. The van der Waals surface area contributed by atoms with Gasteiger partial charge in [-0.05, 0) is 51.4 Å². The molecule has 11 heteroatoms. The van der Waals surface area contributed by atoms with E-state index in [0.29, 0.717) is 45.7 Å². The Bertz CT molecular complexity index is 1360. The van der Waals surface area contributed by atoms with E-state index in [2.05, 4.69) is 30.9 Å². The Morgan fingerprint density at radius 1 is 1.17 bits per heavy atom. The number of aromatic nitrogens is 5. The summed E-state index contributed by atoms with van der Waals surface area (Å²) in [4.78, 5) is 18.9. The summed E-state index contributed by atoms with van der Waals surface area (Å²) in [6, 6.07) is 9.39. The molecule has 3 heterocycles. The van der Waals surface area contributed by atoms with Gasteiger partial charge in [0, 0.05) is 41.3 Å². The zero-order valence-corrected chi connectivity index (χ0v) is 20.2. The maximum atomic E-state index is 14.3. The number of rotatable bonds is 8. The number of carbonyl (C=O) groups is 1. The van der Waals surface area contributed by atoms with Gasteiger partial charge in [-0.2, -0.15) is 15.3 Å². The van der Waals surface area contributed by atoms with E-state index < -0.39 is 5.82 Å². The Kier molecular flexibility index (Phi) is 7.33. The van der Waals surface area contributed by atoms with Crippen LogP contribution in [0.1, 0.15) is 16.1 Å². The first kappa shape index (κ1) is 24.2. The molecule has 35 heavy (non-hydrogen) atoms. The molecule has 4 aromatic rings. The average molecular weight is 495 g/mol. The van der Waals surface area contributed by atoms with Crippen LogP contribution >= 0.6 is 11.6 Å². The molecule has 180 valence electrons. The van der Waals surface area contributed by atoms with E-state index >= 15 is 0 Å². The third-order valence-corrected chi connectivity index (χ3v) is 5.37. The van der Waals surface area contributed by atoms with Gasteiger partial charge in [-0.1, -0.05) is 11.6 Å². The third kappa shape index (κ3) is 6.17. The lowest BCUT2D eigenvalue weighted by Gasteiger charge is -2.12. The smallest absolute Gasteiger partial charge is 0.260 e. The summed E-state index contributed by atoms with van der Waals surface area (Å²) in [6.07, 6.45) is 4.79. The maximum Gasteiger partial charge on any atom is 0.260 e. The molecule has 0 spiro atoms. The van der Waals surface area contributed by atoms with E-state index in [1.807, 2.05) is 19.0 Å². The van der Waals surface area contributed by atoms with Crippen LogP contribution in [0.2, 0.25) is 5.02 Å². The predicted molar refractivity (Wildman–Crippen MR) is 133 cm³/mol. The number of pyridine rings is 1. The van der Waals surface area contributed by atoms with Crippen LogP contribution in [0, 0.1) is 12.7 Å². The first-order valence-electron chi connectivity index (χ1n) is 10.8. The third-order valence-electron chi connectivity index (χ3n) is 5.14. The number of amides is 1. The second-order valence-electron chi connectivity index (χ2n) is 8.16. The molecule has 1 aromatic carbocycles. The maximum absolute atomic E-state index is 14.3. The molecule has 0 fully saturated rings. The predicted octanol–water partition coefficient (Wildman–Crippen LogP) is 4.39. The molecular weight excluding hydrogens is 471 g/mol. The second kappa shape index (κ2) is 10.6. The van der Waals surface area contributed by atoms with E-state index in [1.54, 1.807) is 42.2 Å². The zero-order chi connectivity index (χ0) is 24.9. The Labute approximate surface area is 207 Å². The molecule has 1 amide bonds. The van der Waals surface area contributed by atoms with Gasteiger partial charge < -0.3 is 15.5 Å². The van der Waals surface area contributed by atoms with E-state index in [0.717, 1.165) is 6.54 Å². The van der Waals surface area contributed by atoms with Crippen LogP contribution in [0.15, 0.2) is 55.0 Å². The van der Waals surface area contributed by atoms with Gasteiger partial charge in [0.15, 0.2) is 0 Å². The summed E-state index contributed by atoms with van der Waals surface area (Å²) < 4.78 is 16.0. The Hall–Kier alpha value is -3.89. The fraction of sp³-hybridized carbons (Fsp3) is 0.208. The van der Waals surface area contributed by atoms with Crippen molar-refractivity contribution < 1.29 is 9.18 Å². The van der Waals surface area contributed by atoms with Crippen LogP contribution in [-0.2, 0) is 6.54 Å². The van der Waals surface area contributed by atoms with Crippen LogP contribution in [0.4, 0.5) is 21.6 Å². The van der Waals surface area contributed by atoms with Crippen LogP contribution in [-0.4, -0.2) is 56.4 Å². The first-order chi connectivity index (χ1) is 16.8. The van der Waals surface area contributed by atoms with Gasteiger partial charge in [0.1, 0.15) is 11.6 Å². The number of nitrogens with zero attached hydrogens (tertiary/aromatic N) is 6. The van der Waals surface area contributed by atoms with Gasteiger partial charge in [0.05, 0.1) is 35.4 Å². The largest absolute Gasteiger partial charge is 0.354 e. The highest BCUT2D eigenvalue weighted by molar-refractivity contribution is 6.30. The van der Waals surface area contributed by atoms with E-state index in [-0.39, 0.29) is 11.5 Å². The van der Waals surface area contributed by atoms with Crippen molar-refractivity contribution in [3.05, 3.63) is 77.1 Å². The highest BCUT2D eigenvalue weighted by Gasteiger charge is 2.13. The summed E-state index contributed by atoms with van der Waals surface area (Å²) in [7, 11) is 3.95. The number of nitrogens with one attached hydrogen (secondary N) is 2. The molecule has 0 atom stereocenters. The summed E-state index contributed by atoms with van der Waals surface area (Å²) in [5, 5.41) is 18.9. The normalized spacial score (nSPS) is 11.0. The molecule has 0 saturated heterocycles. The fourth-order valence-corrected chi connectivity index (χ4v) is 3.40. The van der Waals surface area contributed by atoms with Crippen molar-refractivity contribution in [1.82, 2.24) is 29.9 Å². The molecule has 0 bridgehead atoms. The van der Waals surface area contributed by atoms with Crippen LogP contribution in [0.5, 0.6) is 0 Å². The molecule has 0 aliphatic carbocycles. The van der Waals surface area contributed by atoms with Gasteiger partial charge in [0.25, 0.3) is 5.91 Å². The van der Waals surface area contributed by atoms with Crippen molar-refractivity contribution in [2.75, 3.05) is 31.3 Å². The summed E-state index contributed by atoms with van der Waals surface area (Å²) in [5.41, 5.74) is 2.93. The molecule has 9 nitrogen and oxygen atoms in total. The summed E-state index contributed by atoms with van der Waals surface area (Å²) in [6.45, 7) is 3.27. The lowest BCUT2D eigenvalue weighted by atomic mass is 10.1. The lowest BCUT2D eigenvalue weighted by molar-refractivity contribution is 0.102. The number of aryl methyl sites for hydroxylation is 1. The standard InChI is InChI=1S/C24H24ClFN8O/c1-15-21(12-22(32-31-15)19-10-17(25)4-5-20(19)26)29-18-6-7-27-23(11-18)30-24(35)16-13-28-34(14-16)9-8-33(2)3/h4-7,10-14H,8-9H2,1-3H3,(H2,27,29,30,32,35). The van der Waals surface area contributed by atoms with Crippen molar-refractivity contribution >= 4 is 34.7 Å². The molecular formula is C24H24ClFN8O. The Morgan fingerprint density at radius 2 is 2.00 bits per heavy atom. The minimum absolute atomic E-state index is 0.252. The number of likely N-dealkylation sites (N-methyl/N-ethyl adjacent to an activating group) is 1. The minimum atomic E-state index is -0.447. The Morgan fingerprint density at radius 3 is 2.80 bits per heavy atom. The molecule has 0 aliphatic heterocycles. The second-order valence-corrected chi connectivity index (χ2v) is 8.59. The number of hydrogen-bond acceptors (Lipinski definition) is 7. The quantitative estimate of drug-likeness (QED) is 0.374. The number of anilines is 3. The zero-order valence-electron chi connectivity index (χ0n) is 19.5. The first-order valence-corrected chi connectivity index (χ1v) is 11.2. The van der Waals surface area contributed by atoms with Crippen molar-refractivity contribution in [3.8, 4) is 11.3 Å². The monoisotopic (exact) mass is 494 g/mol. The summed E-state index contributed by atoms with van der Waals surface area (Å²) in [5.74, 6) is -0.398. The van der Waals surface area contributed by atoms with Gasteiger partial charge in [-0.25, -0.2) is 9.37 Å².